The SMILES string of the molecule is COc1ccc(Cn2nc(NC3CCCCC3)c3c(Oc4ccc(-c5nc6cccc(C)c6o5)cc4)ccnc32)cc1. The number of oxazole rings is 1. The third-order valence-corrected chi connectivity index (χ3v) is 7.97. The van der Waals surface area contributed by atoms with E-state index in [1.165, 1.54) is 19.3 Å². The van der Waals surface area contributed by atoms with Gasteiger partial charge in [-0.15, -0.1) is 0 Å². The van der Waals surface area contributed by atoms with Crippen molar-refractivity contribution in [2.75, 3.05) is 12.4 Å². The molecule has 1 N–H and O–H groups in total. The first-order valence-electron chi connectivity index (χ1n) is 14.5. The number of hydrogen-bond acceptors (Lipinski definition) is 7. The minimum absolute atomic E-state index is 0.388. The number of anilines is 1. The highest BCUT2D eigenvalue weighted by Gasteiger charge is 2.21. The molecule has 0 radical (unpaired) electrons. The molecule has 1 saturated carbocycles. The topological polar surface area (TPSA) is 87.2 Å². The summed E-state index contributed by atoms with van der Waals surface area (Å²) in [5.41, 5.74) is 5.52. The lowest BCUT2D eigenvalue weighted by molar-refractivity contribution is 0.414. The van der Waals surface area contributed by atoms with Crippen LogP contribution >= 0.6 is 0 Å². The van der Waals surface area contributed by atoms with Crippen molar-refractivity contribution in [3.05, 3.63) is 90.1 Å². The molecule has 1 aliphatic carbocycles. The molecule has 0 saturated heterocycles. The summed E-state index contributed by atoms with van der Waals surface area (Å²) in [6.45, 7) is 2.61. The molecule has 8 nitrogen and oxygen atoms in total. The fraction of sp³-hybridized carbons (Fsp3) is 0.265. The van der Waals surface area contributed by atoms with Crippen LogP contribution in [0.3, 0.4) is 0 Å². The van der Waals surface area contributed by atoms with Gasteiger partial charge in [0.15, 0.2) is 17.0 Å². The maximum atomic E-state index is 6.48. The lowest BCUT2D eigenvalue weighted by Crippen LogP contribution is -2.22. The average Bonchev–Trinajstić information content (AvgIpc) is 3.62. The van der Waals surface area contributed by atoms with Gasteiger partial charge in [-0.2, -0.15) is 5.10 Å². The minimum Gasteiger partial charge on any atom is -0.497 e. The number of hydrogen-bond donors (Lipinski definition) is 1. The van der Waals surface area contributed by atoms with Crippen LogP contribution in [0.1, 0.15) is 43.2 Å². The minimum atomic E-state index is 0.388. The quantitative estimate of drug-likeness (QED) is 0.201. The summed E-state index contributed by atoms with van der Waals surface area (Å²) < 4.78 is 19.8. The van der Waals surface area contributed by atoms with Crippen molar-refractivity contribution in [3.8, 4) is 28.7 Å². The molecule has 0 unspecified atom stereocenters. The largest absolute Gasteiger partial charge is 0.497 e. The average molecular weight is 560 g/mol. The Bertz CT molecular complexity index is 1830. The molecule has 7 rings (SSSR count). The summed E-state index contributed by atoms with van der Waals surface area (Å²) in [7, 11) is 1.68. The van der Waals surface area contributed by atoms with E-state index in [1.54, 1.807) is 13.3 Å². The Morgan fingerprint density at radius 1 is 0.929 bits per heavy atom. The maximum Gasteiger partial charge on any atom is 0.227 e. The van der Waals surface area contributed by atoms with Crippen LogP contribution in [0.15, 0.2) is 83.4 Å². The zero-order valence-corrected chi connectivity index (χ0v) is 23.8. The Kier molecular flexibility index (Phi) is 6.95. The van der Waals surface area contributed by atoms with Crippen molar-refractivity contribution in [3.63, 3.8) is 0 Å². The van der Waals surface area contributed by atoms with Gasteiger partial charge >= 0.3 is 0 Å². The van der Waals surface area contributed by atoms with E-state index < -0.39 is 0 Å². The molecule has 0 spiro atoms. The van der Waals surface area contributed by atoms with Crippen LogP contribution in [0.2, 0.25) is 0 Å². The second-order valence-corrected chi connectivity index (χ2v) is 10.9. The first-order chi connectivity index (χ1) is 20.6. The van der Waals surface area contributed by atoms with E-state index in [0.717, 1.165) is 63.2 Å². The highest BCUT2D eigenvalue weighted by Crippen LogP contribution is 2.36. The monoisotopic (exact) mass is 559 g/mol. The summed E-state index contributed by atoms with van der Waals surface area (Å²) in [6, 6.07) is 24.2. The summed E-state index contributed by atoms with van der Waals surface area (Å²) >= 11 is 0. The van der Waals surface area contributed by atoms with Gasteiger partial charge in [0.2, 0.25) is 5.89 Å². The molecule has 3 aromatic heterocycles. The van der Waals surface area contributed by atoms with Crippen LogP contribution < -0.4 is 14.8 Å². The number of pyridine rings is 1. The molecule has 0 atom stereocenters. The van der Waals surface area contributed by atoms with Gasteiger partial charge in [0.25, 0.3) is 0 Å². The molecule has 0 bridgehead atoms. The summed E-state index contributed by atoms with van der Waals surface area (Å²) in [5, 5.41) is 9.63. The molecule has 0 aliphatic heterocycles. The number of aryl methyl sites for hydroxylation is 1. The van der Waals surface area contributed by atoms with Gasteiger partial charge in [0.1, 0.15) is 28.2 Å². The van der Waals surface area contributed by atoms with Crippen molar-refractivity contribution in [2.45, 2.75) is 51.6 Å². The first kappa shape index (κ1) is 26.1. The van der Waals surface area contributed by atoms with Gasteiger partial charge in [0, 0.05) is 23.9 Å². The third-order valence-electron chi connectivity index (χ3n) is 7.97. The lowest BCUT2D eigenvalue weighted by Gasteiger charge is -2.22. The number of aromatic nitrogens is 4. The Balaban J connectivity index is 1.21. The number of rotatable bonds is 8. The zero-order valence-electron chi connectivity index (χ0n) is 23.8. The van der Waals surface area contributed by atoms with E-state index in [1.807, 2.05) is 72.3 Å². The van der Waals surface area contributed by atoms with E-state index in [4.69, 9.17) is 24.0 Å². The van der Waals surface area contributed by atoms with Gasteiger partial charge in [0.05, 0.1) is 13.7 Å². The Hall–Kier alpha value is -4.85. The number of nitrogens with one attached hydrogen (secondary N) is 1. The fourth-order valence-electron chi connectivity index (χ4n) is 5.71. The molecule has 42 heavy (non-hydrogen) atoms. The summed E-state index contributed by atoms with van der Waals surface area (Å²) in [5.74, 6) is 3.66. The number of ether oxygens (including phenoxy) is 2. The molecule has 6 aromatic rings. The highest BCUT2D eigenvalue weighted by molar-refractivity contribution is 5.93. The molecular formula is C34H33N5O3. The van der Waals surface area contributed by atoms with Crippen LogP contribution in [-0.4, -0.2) is 32.9 Å². The van der Waals surface area contributed by atoms with Crippen molar-refractivity contribution in [1.82, 2.24) is 19.7 Å². The molecule has 1 fully saturated rings. The second kappa shape index (κ2) is 11.2. The Labute approximate surface area is 244 Å². The smallest absolute Gasteiger partial charge is 0.227 e. The van der Waals surface area contributed by atoms with Gasteiger partial charge < -0.3 is 19.2 Å². The molecule has 0 amide bonds. The van der Waals surface area contributed by atoms with Crippen molar-refractivity contribution < 1.29 is 13.9 Å². The molecule has 3 heterocycles. The Morgan fingerprint density at radius 3 is 2.48 bits per heavy atom. The lowest BCUT2D eigenvalue weighted by atomic mass is 9.95. The summed E-state index contributed by atoms with van der Waals surface area (Å²) in [6.07, 6.45) is 7.81. The predicted molar refractivity (Wildman–Crippen MR) is 164 cm³/mol. The van der Waals surface area contributed by atoms with E-state index in [-0.39, 0.29) is 0 Å². The standard InChI is InChI=1S/C34H33N5O3/c1-22-7-6-10-28-31(22)42-34(37-28)24-13-17-27(18-14-24)41-29-19-20-35-33-30(29)32(36-25-8-4-3-5-9-25)38-39(33)21-23-11-15-26(40-2)16-12-23/h6-7,10-20,25H,3-5,8-9,21H2,1-2H3,(H,36,38). The van der Waals surface area contributed by atoms with Crippen LogP contribution in [0.25, 0.3) is 33.6 Å². The van der Waals surface area contributed by atoms with Crippen molar-refractivity contribution in [1.29, 1.82) is 0 Å². The molecule has 212 valence electrons. The highest BCUT2D eigenvalue weighted by atomic mass is 16.5. The Morgan fingerprint density at radius 2 is 1.71 bits per heavy atom. The van der Waals surface area contributed by atoms with Gasteiger partial charge in [-0.05, 0) is 73.4 Å². The van der Waals surface area contributed by atoms with Crippen LogP contribution in [0, 0.1) is 6.92 Å². The molecule has 1 aliphatic rings. The predicted octanol–water partition coefficient (Wildman–Crippen LogP) is 8.14. The number of benzene rings is 3. The maximum absolute atomic E-state index is 6.48. The number of para-hydroxylation sites is 1. The molecule has 3 aromatic carbocycles. The molecule has 8 heteroatoms. The zero-order chi connectivity index (χ0) is 28.5. The number of methoxy groups -OCH3 is 1. The van der Waals surface area contributed by atoms with Gasteiger partial charge in [-0.3, -0.25) is 0 Å². The van der Waals surface area contributed by atoms with Crippen LogP contribution in [0.5, 0.6) is 17.2 Å². The van der Waals surface area contributed by atoms with Crippen molar-refractivity contribution >= 4 is 28.0 Å². The summed E-state index contributed by atoms with van der Waals surface area (Å²) in [4.78, 5) is 9.41. The van der Waals surface area contributed by atoms with E-state index in [2.05, 4.69) is 22.4 Å². The normalized spacial score (nSPS) is 14.0. The number of nitrogens with zero attached hydrogens (tertiary/aromatic N) is 4. The third kappa shape index (κ3) is 5.16. The number of fused-ring (bicyclic) bond motifs is 2. The fourth-order valence-corrected chi connectivity index (χ4v) is 5.71. The second-order valence-electron chi connectivity index (χ2n) is 10.9. The van der Waals surface area contributed by atoms with E-state index in [9.17, 15) is 0 Å². The molecular weight excluding hydrogens is 526 g/mol. The van der Waals surface area contributed by atoms with Crippen LogP contribution in [0.4, 0.5) is 5.82 Å². The van der Waals surface area contributed by atoms with E-state index in [0.29, 0.717) is 30.0 Å². The first-order valence-corrected chi connectivity index (χ1v) is 14.5. The van der Waals surface area contributed by atoms with Gasteiger partial charge in [-0.1, -0.05) is 43.5 Å². The van der Waals surface area contributed by atoms with E-state index >= 15 is 0 Å². The van der Waals surface area contributed by atoms with Crippen molar-refractivity contribution in [2.24, 2.45) is 0 Å². The van der Waals surface area contributed by atoms with Crippen LogP contribution in [-0.2, 0) is 6.54 Å². The van der Waals surface area contributed by atoms with Gasteiger partial charge in [-0.25, -0.2) is 14.6 Å².